The summed E-state index contributed by atoms with van der Waals surface area (Å²) in [6.07, 6.45) is 3.95. The molecule has 0 aliphatic heterocycles. The second-order valence-electron chi connectivity index (χ2n) is 6.10. The van der Waals surface area contributed by atoms with Crippen LogP contribution in [0.1, 0.15) is 30.3 Å². The maximum absolute atomic E-state index is 9.59. The van der Waals surface area contributed by atoms with Crippen molar-refractivity contribution in [3.05, 3.63) is 68.5 Å². The summed E-state index contributed by atoms with van der Waals surface area (Å²) in [7, 11) is 0. The van der Waals surface area contributed by atoms with Gasteiger partial charge in [0.1, 0.15) is 16.8 Å². The van der Waals surface area contributed by atoms with Crippen LogP contribution in [0.2, 0.25) is 10.0 Å². The maximum Gasteiger partial charge on any atom is 0.134 e. The number of benzene rings is 2. The molecule has 3 rings (SSSR count). The Bertz CT molecular complexity index is 1020. The van der Waals surface area contributed by atoms with Crippen molar-refractivity contribution in [3.8, 4) is 23.1 Å². The lowest BCUT2D eigenvalue weighted by Gasteiger charge is -2.05. The minimum atomic E-state index is 0.501. The molecular formula is C22H18Cl2N2OS. The zero-order valence-electron chi connectivity index (χ0n) is 15.3. The third kappa shape index (κ3) is 5.14. The molecule has 0 N–H and O–H groups in total. The number of aromatic nitrogens is 1. The zero-order chi connectivity index (χ0) is 19.9. The van der Waals surface area contributed by atoms with Crippen molar-refractivity contribution in [3.63, 3.8) is 0 Å². The molecule has 0 unspecified atom stereocenters. The van der Waals surface area contributed by atoms with Crippen molar-refractivity contribution in [1.82, 2.24) is 4.98 Å². The van der Waals surface area contributed by atoms with Crippen LogP contribution < -0.4 is 4.74 Å². The number of unbranched alkanes of at least 4 members (excludes halogenated alkanes) is 1. The number of hydrogen-bond acceptors (Lipinski definition) is 4. The first kappa shape index (κ1) is 20.4. The number of ether oxygens (including phenoxy) is 1. The molecule has 1 aromatic heterocycles. The molecule has 3 aromatic rings. The number of hydrogen-bond donors (Lipinski definition) is 0. The number of allylic oxidation sites excluding steroid dienone is 1. The van der Waals surface area contributed by atoms with E-state index in [0.29, 0.717) is 27.2 Å². The SMILES string of the molecule is CCCCOc1ccc(/C=C(\C#N)c2nc(-c3ccc(Cl)cc3Cl)cs2)cc1. The van der Waals surface area contributed by atoms with Crippen LogP contribution >= 0.6 is 34.5 Å². The van der Waals surface area contributed by atoms with E-state index in [2.05, 4.69) is 18.0 Å². The molecule has 0 fully saturated rings. The highest BCUT2D eigenvalue weighted by atomic mass is 35.5. The normalized spacial score (nSPS) is 11.3. The summed E-state index contributed by atoms with van der Waals surface area (Å²) >= 11 is 13.6. The van der Waals surface area contributed by atoms with E-state index < -0.39 is 0 Å². The van der Waals surface area contributed by atoms with E-state index in [4.69, 9.17) is 27.9 Å². The molecule has 0 aliphatic rings. The summed E-state index contributed by atoms with van der Waals surface area (Å²) in [6, 6.07) is 15.2. The van der Waals surface area contributed by atoms with Crippen molar-refractivity contribution >= 4 is 46.2 Å². The van der Waals surface area contributed by atoms with Crippen LogP contribution in [0.3, 0.4) is 0 Å². The largest absolute Gasteiger partial charge is 0.494 e. The van der Waals surface area contributed by atoms with Gasteiger partial charge in [-0.15, -0.1) is 11.3 Å². The zero-order valence-corrected chi connectivity index (χ0v) is 17.6. The average Bonchev–Trinajstić information content (AvgIpc) is 3.17. The number of halogens is 2. The lowest BCUT2D eigenvalue weighted by Crippen LogP contribution is -1.95. The van der Waals surface area contributed by atoms with Gasteiger partial charge in [0, 0.05) is 16.0 Å². The van der Waals surface area contributed by atoms with Crippen LogP contribution in [0.5, 0.6) is 5.75 Å². The molecule has 28 heavy (non-hydrogen) atoms. The lowest BCUT2D eigenvalue weighted by molar-refractivity contribution is 0.309. The molecule has 0 aliphatic carbocycles. The van der Waals surface area contributed by atoms with E-state index in [0.717, 1.165) is 35.4 Å². The molecule has 3 nitrogen and oxygen atoms in total. The third-order valence-corrected chi connectivity index (χ3v) is 5.44. The first-order chi connectivity index (χ1) is 13.6. The van der Waals surface area contributed by atoms with Crippen molar-refractivity contribution in [1.29, 1.82) is 5.26 Å². The van der Waals surface area contributed by atoms with Crippen LogP contribution in [0.25, 0.3) is 22.9 Å². The van der Waals surface area contributed by atoms with Crippen molar-refractivity contribution in [2.45, 2.75) is 19.8 Å². The van der Waals surface area contributed by atoms with E-state index in [-0.39, 0.29) is 0 Å². The molecule has 6 heteroatoms. The molecule has 0 spiro atoms. The van der Waals surface area contributed by atoms with Crippen LogP contribution in [-0.2, 0) is 0 Å². The molecule has 142 valence electrons. The summed E-state index contributed by atoms with van der Waals surface area (Å²) in [6.45, 7) is 2.84. The third-order valence-electron chi connectivity index (χ3n) is 4.02. The molecule has 0 saturated carbocycles. The van der Waals surface area contributed by atoms with Crippen molar-refractivity contribution in [2.75, 3.05) is 6.61 Å². The van der Waals surface area contributed by atoms with Gasteiger partial charge in [0.05, 0.1) is 22.9 Å². The standard InChI is InChI=1S/C22H18Cl2N2OS/c1-2-3-10-27-18-7-4-15(5-8-18)11-16(13-25)22-26-21(14-28-22)19-9-6-17(23)12-20(19)24/h4-9,11-12,14H,2-3,10H2,1H3/b16-11+. The van der Waals surface area contributed by atoms with Gasteiger partial charge in [-0.3, -0.25) is 0 Å². The Labute approximate surface area is 178 Å². The van der Waals surface area contributed by atoms with E-state index in [1.165, 1.54) is 11.3 Å². The Morgan fingerprint density at radius 1 is 1.21 bits per heavy atom. The number of nitriles is 1. The maximum atomic E-state index is 9.59. The number of thiazole rings is 1. The van der Waals surface area contributed by atoms with Gasteiger partial charge in [-0.25, -0.2) is 4.98 Å². The summed E-state index contributed by atoms with van der Waals surface area (Å²) < 4.78 is 5.67. The van der Waals surface area contributed by atoms with Crippen LogP contribution in [-0.4, -0.2) is 11.6 Å². The lowest BCUT2D eigenvalue weighted by atomic mass is 10.1. The fourth-order valence-corrected chi connectivity index (χ4v) is 3.81. The highest BCUT2D eigenvalue weighted by Gasteiger charge is 2.12. The summed E-state index contributed by atoms with van der Waals surface area (Å²) in [4.78, 5) is 4.58. The van der Waals surface area contributed by atoms with Gasteiger partial charge in [-0.1, -0.05) is 48.7 Å². The number of rotatable bonds is 7. The van der Waals surface area contributed by atoms with E-state index in [1.807, 2.05) is 41.8 Å². The van der Waals surface area contributed by atoms with E-state index in [1.54, 1.807) is 12.1 Å². The molecule has 0 amide bonds. The van der Waals surface area contributed by atoms with Crippen molar-refractivity contribution in [2.24, 2.45) is 0 Å². The van der Waals surface area contributed by atoms with Gasteiger partial charge < -0.3 is 4.74 Å². The Hall–Kier alpha value is -2.32. The monoisotopic (exact) mass is 428 g/mol. The van der Waals surface area contributed by atoms with Gasteiger partial charge in [-0.05, 0) is 48.4 Å². The van der Waals surface area contributed by atoms with E-state index in [9.17, 15) is 5.26 Å². The van der Waals surface area contributed by atoms with Gasteiger partial charge in [0.25, 0.3) is 0 Å². The molecule has 2 aromatic carbocycles. The smallest absolute Gasteiger partial charge is 0.134 e. The topological polar surface area (TPSA) is 45.9 Å². The Balaban J connectivity index is 1.80. The molecular weight excluding hydrogens is 411 g/mol. The van der Waals surface area contributed by atoms with Gasteiger partial charge in [0.2, 0.25) is 0 Å². The molecule has 0 saturated heterocycles. The Kier molecular flexibility index (Phi) is 7.11. The minimum Gasteiger partial charge on any atom is -0.494 e. The molecule has 0 bridgehead atoms. The second kappa shape index (κ2) is 9.75. The Morgan fingerprint density at radius 3 is 2.68 bits per heavy atom. The predicted molar refractivity (Wildman–Crippen MR) is 118 cm³/mol. The summed E-state index contributed by atoms with van der Waals surface area (Å²) in [5.74, 6) is 0.832. The highest BCUT2D eigenvalue weighted by Crippen LogP contribution is 2.33. The fraction of sp³-hybridized carbons (Fsp3) is 0.182. The fourth-order valence-electron chi connectivity index (χ4n) is 2.52. The van der Waals surface area contributed by atoms with Crippen molar-refractivity contribution < 1.29 is 4.74 Å². The minimum absolute atomic E-state index is 0.501. The average molecular weight is 429 g/mol. The number of nitrogens with zero attached hydrogens (tertiary/aromatic N) is 2. The second-order valence-corrected chi connectivity index (χ2v) is 7.80. The molecule has 0 radical (unpaired) electrons. The van der Waals surface area contributed by atoms with Gasteiger partial charge in [-0.2, -0.15) is 5.26 Å². The van der Waals surface area contributed by atoms with Crippen LogP contribution in [0.4, 0.5) is 0 Å². The molecule has 0 atom stereocenters. The summed E-state index contributed by atoms with van der Waals surface area (Å²) in [5.41, 5.74) is 2.93. The first-order valence-corrected chi connectivity index (χ1v) is 10.5. The van der Waals surface area contributed by atoms with Crippen LogP contribution in [0.15, 0.2) is 47.8 Å². The highest BCUT2D eigenvalue weighted by molar-refractivity contribution is 7.11. The predicted octanol–water partition coefficient (Wildman–Crippen LogP) is 7.36. The quantitative estimate of drug-likeness (QED) is 0.291. The Morgan fingerprint density at radius 2 is 2.00 bits per heavy atom. The first-order valence-electron chi connectivity index (χ1n) is 8.86. The van der Waals surface area contributed by atoms with Gasteiger partial charge in [0.15, 0.2) is 0 Å². The molecule has 1 heterocycles. The summed E-state index contributed by atoms with van der Waals surface area (Å²) in [5, 5.41) is 13.2. The van der Waals surface area contributed by atoms with Crippen LogP contribution in [0, 0.1) is 11.3 Å². The van der Waals surface area contributed by atoms with Gasteiger partial charge >= 0.3 is 0 Å². The van der Waals surface area contributed by atoms with E-state index >= 15 is 0 Å².